The van der Waals surface area contributed by atoms with E-state index in [1.165, 1.54) is 50.6 Å². The standard InChI is InChI=1S/C21H26N2O4S/c1-27-20-10-6-5-9-19(20)23-28(25,26)18-13-11-17(12-14-18)21(24)22-15-16-7-3-2-4-8-16/h5-6,9-14,16,23H,2-4,7-8,15H2,1H3,(H,22,24). The molecule has 0 radical (unpaired) electrons. The highest BCUT2D eigenvalue weighted by Crippen LogP contribution is 2.26. The number of hydrogen-bond donors (Lipinski definition) is 2. The second-order valence-corrected chi connectivity index (χ2v) is 8.73. The molecule has 28 heavy (non-hydrogen) atoms. The minimum Gasteiger partial charge on any atom is -0.495 e. The van der Waals surface area contributed by atoms with Crippen LogP contribution in [0.2, 0.25) is 0 Å². The van der Waals surface area contributed by atoms with E-state index in [0.717, 1.165) is 12.8 Å². The predicted molar refractivity (Wildman–Crippen MR) is 109 cm³/mol. The molecule has 6 nitrogen and oxygen atoms in total. The SMILES string of the molecule is COc1ccccc1NS(=O)(=O)c1ccc(C(=O)NCC2CCCCC2)cc1. The third-order valence-corrected chi connectivity index (χ3v) is 6.44. The molecular formula is C21H26N2O4S. The van der Waals surface area contributed by atoms with Crippen molar-refractivity contribution < 1.29 is 17.9 Å². The number of sulfonamides is 1. The third-order valence-electron chi connectivity index (χ3n) is 5.05. The van der Waals surface area contributed by atoms with Crippen LogP contribution in [0.4, 0.5) is 5.69 Å². The molecule has 0 heterocycles. The number of amides is 1. The molecular weight excluding hydrogens is 376 g/mol. The summed E-state index contributed by atoms with van der Waals surface area (Å²) in [6.45, 7) is 0.675. The van der Waals surface area contributed by atoms with E-state index < -0.39 is 10.0 Å². The Morgan fingerprint density at radius 2 is 1.71 bits per heavy atom. The summed E-state index contributed by atoms with van der Waals surface area (Å²) < 4.78 is 32.9. The molecule has 0 unspecified atom stereocenters. The highest BCUT2D eigenvalue weighted by atomic mass is 32.2. The number of carbonyl (C=O) groups excluding carboxylic acids is 1. The van der Waals surface area contributed by atoms with Crippen molar-refractivity contribution in [1.82, 2.24) is 5.32 Å². The van der Waals surface area contributed by atoms with Gasteiger partial charge in [-0.3, -0.25) is 9.52 Å². The first kappa shape index (κ1) is 20.2. The lowest BCUT2D eigenvalue weighted by atomic mass is 9.89. The molecule has 1 aliphatic rings. The zero-order chi connectivity index (χ0) is 20.0. The summed E-state index contributed by atoms with van der Waals surface area (Å²) in [5, 5.41) is 2.96. The molecule has 0 bridgehead atoms. The van der Waals surface area contributed by atoms with Gasteiger partial charge in [0.25, 0.3) is 15.9 Å². The van der Waals surface area contributed by atoms with E-state index in [1.807, 2.05) is 0 Å². The molecule has 0 aliphatic heterocycles. The van der Waals surface area contributed by atoms with Crippen LogP contribution in [0, 0.1) is 5.92 Å². The summed E-state index contributed by atoms with van der Waals surface area (Å²) in [5.41, 5.74) is 0.811. The molecule has 0 atom stereocenters. The Morgan fingerprint density at radius 3 is 2.39 bits per heavy atom. The summed E-state index contributed by atoms with van der Waals surface area (Å²) in [6.07, 6.45) is 6.06. The van der Waals surface area contributed by atoms with Gasteiger partial charge >= 0.3 is 0 Å². The number of benzene rings is 2. The van der Waals surface area contributed by atoms with Crippen molar-refractivity contribution in [3.8, 4) is 5.75 Å². The van der Waals surface area contributed by atoms with Crippen molar-refractivity contribution in [3.63, 3.8) is 0 Å². The average Bonchev–Trinajstić information content (AvgIpc) is 2.73. The van der Waals surface area contributed by atoms with Crippen molar-refractivity contribution in [2.45, 2.75) is 37.0 Å². The minimum atomic E-state index is -3.78. The van der Waals surface area contributed by atoms with Crippen LogP contribution in [-0.4, -0.2) is 28.0 Å². The summed E-state index contributed by atoms with van der Waals surface area (Å²) in [5.74, 6) is 0.805. The average molecular weight is 403 g/mol. The van der Waals surface area contributed by atoms with Crippen molar-refractivity contribution in [2.24, 2.45) is 5.92 Å². The maximum Gasteiger partial charge on any atom is 0.262 e. The number of hydrogen-bond acceptors (Lipinski definition) is 4. The molecule has 3 rings (SSSR count). The van der Waals surface area contributed by atoms with Gasteiger partial charge in [0.1, 0.15) is 5.75 Å². The highest BCUT2D eigenvalue weighted by molar-refractivity contribution is 7.92. The summed E-state index contributed by atoms with van der Waals surface area (Å²) in [6, 6.07) is 12.7. The second-order valence-electron chi connectivity index (χ2n) is 7.04. The molecule has 2 aromatic rings. The number of methoxy groups -OCH3 is 1. The molecule has 7 heteroatoms. The van der Waals surface area contributed by atoms with Crippen LogP contribution < -0.4 is 14.8 Å². The van der Waals surface area contributed by atoms with Crippen LogP contribution in [0.25, 0.3) is 0 Å². The number of anilines is 1. The van der Waals surface area contributed by atoms with Crippen LogP contribution in [-0.2, 0) is 10.0 Å². The number of carbonyl (C=O) groups is 1. The Bertz CT molecular complexity index is 904. The topological polar surface area (TPSA) is 84.5 Å². The van der Waals surface area contributed by atoms with Gasteiger partial charge in [-0.25, -0.2) is 8.42 Å². The fourth-order valence-electron chi connectivity index (χ4n) is 3.45. The van der Waals surface area contributed by atoms with Crippen molar-refractivity contribution >= 4 is 21.6 Å². The first-order chi connectivity index (χ1) is 13.5. The smallest absolute Gasteiger partial charge is 0.262 e. The van der Waals surface area contributed by atoms with E-state index in [9.17, 15) is 13.2 Å². The largest absolute Gasteiger partial charge is 0.495 e. The Morgan fingerprint density at radius 1 is 1.04 bits per heavy atom. The molecule has 1 aliphatic carbocycles. The molecule has 2 aromatic carbocycles. The Hall–Kier alpha value is -2.54. The third kappa shape index (κ3) is 5.04. The van der Waals surface area contributed by atoms with Gasteiger partial charge < -0.3 is 10.1 Å². The molecule has 0 saturated heterocycles. The molecule has 0 aromatic heterocycles. The van der Waals surface area contributed by atoms with Crippen LogP contribution in [0.15, 0.2) is 53.4 Å². The Kier molecular flexibility index (Phi) is 6.57. The molecule has 150 valence electrons. The summed E-state index contributed by atoms with van der Waals surface area (Å²) in [7, 11) is -2.30. The van der Waals surface area contributed by atoms with Crippen molar-refractivity contribution in [3.05, 3.63) is 54.1 Å². The maximum absolute atomic E-state index is 12.6. The number of para-hydroxylation sites is 2. The lowest BCUT2D eigenvalue weighted by molar-refractivity contribution is 0.0943. The molecule has 1 fully saturated rings. The van der Waals surface area contributed by atoms with Gasteiger partial charge in [0.2, 0.25) is 0 Å². The maximum atomic E-state index is 12.6. The number of rotatable bonds is 7. The first-order valence-corrected chi connectivity index (χ1v) is 11.0. The van der Waals surface area contributed by atoms with E-state index in [2.05, 4.69) is 10.0 Å². The highest BCUT2D eigenvalue weighted by Gasteiger charge is 2.18. The fourth-order valence-corrected chi connectivity index (χ4v) is 4.52. The second kappa shape index (κ2) is 9.10. The van der Waals surface area contributed by atoms with Crippen LogP contribution in [0.5, 0.6) is 5.75 Å². The Labute approximate surface area is 166 Å². The van der Waals surface area contributed by atoms with Crippen molar-refractivity contribution in [2.75, 3.05) is 18.4 Å². The van der Waals surface area contributed by atoms with Gasteiger partial charge in [-0.1, -0.05) is 31.4 Å². The molecule has 0 spiro atoms. The van der Waals surface area contributed by atoms with E-state index in [-0.39, 0.29) is 10.8 Å². The fraction of sp³-hybridized carbons (Fsp3) is 0.381. The van der Waals surface area contributed by atoms with Crippen LogP contribution >= 0.6 is 0 Å². The lowest BCUT2D eigenvalue weighted by Crippen LogP contribution is -2.30. The number of nitrogens with one attached hydrogen (secondary N) is 2. The molecule has 2 N–H and O–H groups in total. The first-order valence-electron chi connectivity index (χ1n) is 9.54. The van der Waals surface area contributed by atoms with E-state index in [1.54, 1.807) is 24.3 Å². The zero-order valence-electron chi connectivity index (χ0n) is 16.0. The normalized spacial score (nSPS) is 15.0. The van der Waals surface area contributed by atoms with Crippen LogP contribution in [0.1, 0.15) is 42.5 Å². The van der Waals surface area contributed by atoms with Gasteiger partial charge in [-0.2, -0.15) is 0 Å². The number of ether oxygens (including phenoxy) is 1. The predicted octanol–water partition coefficient (Wildman–Crippen LogP) is 3.81. The van der Waals surface area contributed by atoms with E-state index >= 15 is 0 Å². The van der Waals surface area contributed by atoms with E-state index in [4.69, 9.17) is 4.74 Å². The van der Waals surface area contributed by atoms with Gasteiger partial charge in [0.05, 0.1) is 17.7 Å². The van der Waals surface area contributed by atoms with Gasteiger partial charge in [0.15, 0.2) is 0 Å². The lowest BCUT2D eigenvalue weighted by Gasteiger charge is -2.21. The minimum absolute atomic E-state index is 0.0854. The Balaban J connectivity index is 1.64. The van der Waals surface area contributed by atoms with Gasteiger partial charge in [-0.15, -0.1) is 0 Å². The zero-order valence-corrected chi connectivity index (χ0v) is 16.8. The molecule has 1 amide bonds. The van der Waals surface area contributed by atoms with Crippen LogP contribution in [0.3, 0.4) is 0 Å². The van der Waals surface area contributed by atoms with E-state index in [0.29, 0.717) is 29.5 Å². The monoisotopic (exact) mass is 402 g/mol. The quantitative estimate of drug-likeness (QED) is 0.738. The summed E-state index contributed by atoms with van der Waals surface area (Å²) >= 11 is 0. The van der Waals surface area contributed by atoms with Gasteiger partial charge in [-0.05, 0) is 55.2 Å². The molecule has 1 saturated carbocycles. The van der Waals surface area contributed by atoms with Crippen molar-refractivity contribution in [1.29, 1.82) is 0 Å². The summed E-state index contributed by atoms with van der Waals surface area (Å²) in [4.78, 5) is 12.4. The van der Waals surface area contributed by atoms with Gasteiger partial charge in [0, 0.05) is 12.1 Å².